The standard InChI is InChI=1S/C21H27BFNO2/c1-6-24(19-12-8-11-18(23)14-19)15-16-9-7-10-17(13-16)22-25-20(2,3)21(4,5)26-22/h7-14H,6,15H2,1-5H3. The third kappa shape index (κ3) is 3.79. The zero-order valence-electron chi connectivity index (χ0n) is 16.3. The van der Waals surface area contributed by atoms with Crippen molar-refractivity contribution in [2.75, 3.05) is 11.4 Å². The van der Waals surface area contributed by atoms with Gasteiger partial charge < -0.3 is 14.2 Å². The molecule has 0 aliphatic carbocycles. The molecule has 1 aliphatic heterocycles. The van der Waals surface area contributed by atoms with E-state index in [-0.39, 0.29) is 24.1 Å². The van der Waals surface area contributed by atoms with Gasteiger partial charge in [-0.3, -0.25) is 0 Å². The van der Waals surface area contributed by atoms with Crippen LogP contribution in [0.5, 0.6) is 0 Å². The molecule has 0 amide bonds. The summed E-state index contributed by atoms with van der Waals surface area (Å²) in [6, 6.07) is 15.0. The summed E-state index contributed by atoms with van der Waals surface area (Å²) in [5, 5.41) is 0. The van der Waals surface area contributed by atoms with Crippen LogP contribution in [-0.4, -0.2) is 24.9 Å². The van der Waals surface area contributed by atoms with E-state index in [9.17, 15) is 4.39 Å². The largest absolute Gasteiger partial charge is 0.494 e. The molecule has 3 nitrogen and oxygen atoms in total. The van der Waals surface area contributed by atoms with Gasteiger partial charge in [-0.05, 0) is 63.8 Å². The lowest BCUT2D eigenvalue weighted by atomic mass is 9.78. The van der Waals surface area contributed by atoms with Crippen molar-refractivity contribution in [3.8, 4) is 0 Å². The van der Waals surface area contributed by atoms with Crippen LogP contribution in [0, 0.1) is 5.82 Å². The maximum atomic E-state index is 13.6. The quantitative estimate of drug-likeness (QED) is 0.752. The van der Waals surface area contributed by atoms with Gasteiger partial charge in [-0.25, -0.2) is 4.39 Å². The molecule has 5 heteroatoms. The molecule has 2 aromatic carbocycles. The summed E-state index contributed by atoms with van der Waals surface area (Å²) >= 11 is 0. The number of anilines is 1. The normalized spacial score (nSPS) is 18.2. The summed E-state index contributed by atoms with van der Waals surface area (Å²) in [5.74, 6) is -0.216. The Morgan fingerprint density at radius 1 is 0.962 bits per heavy atom. The minimum absolute atomic E-state index is 0.216. The Hall–Kier alpha value is -1.85. The molecule has 0 aromatic heterocycles. The maximum absolute atomic E-state index is 13.6. The van der Waals surface area contributed by atoms with E-state index in [2.05, 4.69) is 51.7 Å². The van der Waals surface area contributed by atoms with Gasteiger partial charge in [-0.2, -0.15) is 0 Å². The van der Waals surface area contributed by atoms with Crippen molar-refractivity contribution in [1.29, 1.82) is 0 Å². The Morgan fingerprint density at radius 3 is 2.23 bits per heavy atom. The zero-order chi connectivity index (χ0) is 18.9. The smallest absolute Gasteiger partial charge is 0.399 e. The first-order valence-electron chi connectivity index (χ1n) is 9.17. The first-order chi connectivity index (χ1) is 12.2. The van der Waals surface area contributed by atoms with Crippen LogP contribution in [0.3, 0.4) is 0 Å². The molecule has 0 unspecified atom stereocenters. The van der Waals surface area contributed by atoms with Gasteiger partial charge >= 0.3 is 7.12 Å². The van der Waals surface area contributed by atoms with Gasteiger partial charge in [0, 0.05) is 18.8 Å². The molecule has 0 saturated carbocycles. The molecule has 1 heterocycles. The maximum Gasteiger partial charge on any atom is 0.494 e. The third-order valence-electron chi connectivity index (χ3n) is 5.40. The Balaban J connectivity index is 1.79. The second kappa shape index (κ2) is 7.05. The van der Waals surface area contributed by atoms with Crippen LogP contribution in [0.4, 0.5) is 10.1 Å². The van der Waals surface area contributed by atoms with Crippen molar-refractivity contribution in [2.24, 2.45) is 0 Å². The highest BCUT2D eigenvalue weighted by molar-refractivity contribution is 6.62. The van der Waals surface area contributed by atoms with Gasteiger partial charge in [0.2, 0.25) is 0 Å². The van der Waals surface area contributed by atoms with Crippen molar-refractivity contribution in [2.45, 2.75) is 52.4 Å². The lowest BCUT2D eigenvalue weighted by molar-refractivity contribution is 0.00578. The average Bonchev–Trinajstić information content (AvgIpc) is 2.81. The molecule has 1 aliphatic rings. The Kier molecular flexibility index (Phi) is 5.13. The highest BCUT2D eigenvalue weighted by Crippen LogP contribution is 2.36. The van der Waals surface area contributed by atoms with Gasteiger partial charge in [0.1, 0.15) is 5.82 Å². The van der Waals surface area contributed by atoms with Crippen LogP contribution < -0.4 is 10.4 Å². The number of hydrogen-bond donors (Lipinski definition) is 0. The van der Waals surface area contributed by atoms with E-state index in [1.807, 2.05) is 18.2 Å². The number of rotatable bonds is 5. The summed E-state index contributed by atoms with van der Waals surface area (Å²) in [4.78, 5) is 2.15. The van der Waals surface area contributed by atoms with Crippen molar-refractivity contribution in [3.63, 3.8) is 0 Å². The van der Waals surface area contributed by atoms with Crippen molar-refractivity contribution >= 4 is 18.3 Å². The summed E-state index contributed by atoms with van der Waals surface area (Å²) in [6.07, 6.45) is 0. The molecule has 2 aromatic rings. The second-order valence-electron chi connectivity index (χ2n) is 7.83. The van der Waals surface area contributed by atoms with E-state index in [1.54, 1.807) is 12.1 Å². The van der Waals surface area contributed by atoms with Crippen molar-refractivity contribution in [1.82, 2.24) is 0 Å². The SMILES string of the molecule is CCN(Cc1cccc(B2OC(C)(C)C(C)(C)O2)c1)c1cccc(F)c1. The monoisotopic (exact) mass is 355 g/mol. The van der Waals surface area contributed by atoms with Crippen LogP contribution in [0.25, 0.3) is 0 Å². The van der Waals surface area contributed by atoms with E-state index in [4.69, 9.17) is 9.31 Å². The summed E-state index contributed by atoms with van der Waals surface area (Å²) in [7, 11) is -0.371. The Bertz CT molecular complexity index is 762. The van der Waals surface area contributed by atoms with Gasteiger partial charge in [-0.15, -0.1) is 0 Å². The fourth-order valence-corrected chi connectivity index (χ4v) is 3.10. The molecule has 1 fully saturated rings. The molecular weight excluding hydrogens is 328 g/mol. The Morgan fingerprint density at radius 2 is 1.62 bits per heavy atom. The van der Waals surface area contributed by atoms with E-state index in [0.29, 0.717) is 6.54 Å². The molecule has 138 valence electrons. The predicted octanol–water partition coefficient (Wildman–Crippen LogP) is 4.15. The second-order valence-corrected chi connectivity index (χ2v) is 7.83. The molecule has 0 N–H and O–H groups in total. The molecule has 1 saturated heterocycles. The number of halogens is 1. The van der Waals surface area contributed by atoms with Gasteiger partial charge in [0.25, 0.3) is 0 Å². The Labute approximate surface area is 156 Å². The van der Waals surface area contributed by atoms with Crippen LogP contribution in [-0.2, 0) is 15.9 Å². The van der Waals surface area contributed by atoms with Gasteiger partial charge in [-0.1, -0.05) is 30.3 Å². The highest BCUT2D eigenvalue weighted by Gasteiger charge is 2.51. The molecule has 0 bridgehead atoms. The van der Waals surface area contributed by atoms with Gasteiger partial charge in [0.05, 0.1) is 11.2 Å². The van der Waals surface area contributed by atoms with Crippen LogP contribution >= 0.6 is 0 Å². The molecule has 0 atom stereocenters. The molecular formula is C21H27BFNO2. The van der Waals surface area contributed by atoms with E-state index < -0.39 is 0 Å². The summed E-state index contributed by atoms with van der Waals surface area (Å²) in [6.45, 7) is 11.8. The molecule has 0 spiro atoms. The topological polar surface area (TPSA) is 21.7 Å². The number of hydrogen-bond acceptors (Lipinski definition) is 3. The van der Waals surface area contributed by atoms with Crippen LogP contribution in [0.1, 0.15) is 40.2 Å². The molecule has 26 heavy (non-hydrogen) atoms. The fraction of sp³-hybridized carbons (Fsp3) is 0.429. The van der Waals surface area contributed by atoms with E-state index in [1.165, 1.54) is 6.07 Å². The van der Waals surface area contributed by atoms with E-state index in [0.717, 1.165) is 23.3 Å². The predicted molar refractivity (Wildman–Crippen MR) is 105 cm³/mol. The third-order valence-corrected chi connectivity index (χ3v) is 5.40. The molecule has 0 radical (unpaired) electrons. The highest BCUT2D eigenvalue weighted by atomic mass is 19.1. The first-order valence-corrected chi connectivity index (χ1v) is 9.17. The van der Waals surface area contributed by atoms with E-state index >= 15 is 0 Å². The zero-order valence-corrected chi connectivity index (χ0v) is 16.3. The number of benzene rings is 2. The molecule has 3 rings (SSSR count). The minimum Gasteiger partial charge on any atom is -0.399 e. The first kappa shape index (κ1) is 18.9. The lowest BCUT2D eigenvalue weighted by Gasteiger charge is -2.32. The van der Waals surface area contributed by atoms with Crippen molar-refractivity contribution < 1.29 is 13.7 Å². The van der Waals surface area contributed by atoms with Crippen LogP contribution in [0.2, 0.25) is 0 Å². The summed E-state index contributed by atoms with van der Waals surface area (Å²) in [5.41, 5.74) is 2.32. The summed E-state index contributed by atoms with van der Waals surface area (Å²) < 4.78 is 25.9. The minimum atomic E-state index is -0.371. The lowest BCUT2D eigenvalue weighted by Crippen LogP contribution is -2.41. The fourth-order valence-electron chi connectivity index (χ4n) is 3.10. The van der Waals surface area contributed by atoms with Crippen molar-refractivity contribution in [3.05, 3.63) is 59.9 Å². The van der Waals surface area contributed by atoms with Crippen LogP contribution in [0.15, 0.2) is 48.5 Å². The number of nitrogens with zero attached hydrogens (tertiary/aromatic N) is 1. The van der Waals surface area contributed by atoms with Gasteiger partial charge in [0.15, 0.2) is 0 Å². The average molecular weight is 355 g/mol.